The first-order valence-electron chi connectivity index (χ1n) is 11.4. The van der Waals surface area contributed by atoms with Crippen LogP contribution in [-0.2, 0) is 19.5 Å². The maximum Gasteiger partial charge on any atom is 0.253 e. The third-order valence-electron chi connectivity index (χ3n) is 5.92. The SMILES string of the molecule is CCN(CC)S(=O)(=O)c1ccc(N2CCOCC2)c(C(=O)NC(C)CN2CCOCC2)c1. The van der Waals surface area contributed by atoms with E-state index >= 15 is 0 Å². The monoisotopic (exact) mass is 468 g/mol. The summed E-state index contributed by atoms with van der Waals surface area (Å²) in [6.07, 6.45) is 0. The van der Waals surface area contributed by atoms with Crippen LogP contribution in [0.25, 0.3) is 0 Å². The number of ether oxygens (including phenoxy) is 2. The second-order valence-corrected chi connectivity index (χ2v) is 10.1. The van der Waals surface area contributed by atoms with E-state index in [1.807, 2.05) is 20.8 Å². The second-order valence-electron chi connectivity index (χ2n) is 8.16. The Bertz CT molecular complexity index is 863. The van der Waals surface area contributed by atoms with Crippen molar-refractivity contribution in [1.82, 2.24) is 14.5 Å². The van der Waals surface area contributed by atoms with Gasteiger partial charge in [0, 0.05) is 57.5 Å². The molecule has 0 bridgehead atoms. The van der Waals surface area contributed by atoms with Crippen molar-refractivity contribution in [3.8, 4) is 0 Å². The van der Waals surface area contributed by atoms with Crippen LogP contribution in [0.2, 0.25) is 0 Å². The Morgan fingerprint density at radius 3 is 2.25 bits per heavy atom. The van der Waals surface area contributed by atoms with E-state index in [0.717, 1.165) is 25.3 Å². The van der Waals surface area contributed by atoms with Crippen molar-refractivity contribution in [2.75, 3.05) is 77.1 Å². The number of amides is 1. The van der Waals surface area contributed by atoms with Gasteiger partial charge in [0.25, 0.3) is 5.91 Å². The molecule has 3 rings (SSSR count). The molecule has 2 fully saturated rings. The van der Waals surface area contributed by atoms with Crippen LogP contribution in [0.1, 0.15) is 31.1 Å². The second kappa shape index (κ2) is 11.4. The molecule has 0 spiro atoms. The van der Waals surface area contributed by atoms with Crippen molar-refractivity contribution in [2.24, 2.45) is 0 Å². The summed E-state index contributed by atoms with van der Waals surface area (Å²) in [5.41, 5.74) is 1.12. The van der Waals surface area contributed by atoms with E-state index in [1.54, 1.807) is 12.1 Å². The zero-order valence-electron chi connectivity index (χ0n) is 19.4. The minimum Gasteiger partial charge on any atom is -0.379 e. The lowest BCUT2D eigenvalue weighted by Crippen LogP contribution is -2.46. The summed E-state index contributed by atoms with van der Waals surface area (Å²) in [5.74, 6) is -0.260. The molecule has 1 aromatic rings. The smallest absolute Gasteiger partial charge is 0.253 e. The predicted octanol–water partition coefficient (Wildman–Crippen LogP) is 1.00. The molecule has 1 unspecified atom stereocenters. The van der Waals surface area contributed by atoms with Crippen molar-refractivity contribution in [2.45, 2.75) is 31.7 Å². The average Bonchev–Trinajstić information content (AvgIpc) is 2.80. The fraction of sp³-hybridized carbons (Fsp3) is 0.682. The molecule has 1 amide bonds. The standard InChI is InChI=1S/C22H36N4O5S/c1-4-26(5-2)32(28,29)19-6-7-21(25-10-14-31-15-11-25)20(16-19)22(27)23-18(3)17-24-8-12-30-13-9-24/h6-7,16,18H,4-5,8-15,17H2,1-3H3,(H,23,27). The van der Waals surface area contributed by atoms with Crippen molar-refractivity contribution in [3.05, 3.63) is 23.8 Å². The summed E-state index contributed by atoms with van der Waals surface area (Å²) in [4.78, 5) is 17.8. The molecule has 2 saturated heterocycles. The van der Waals surface area contributed by atoms with Gasteiger partial charge in [-0.15, -0.1) is 0 Å². The summed E-state index contributed by atoms with van der Waals surface area (Å²) >= 11 is 0. The lowest BCUT2D eigenvalue weighted by atomic mass is 10.1. The molecular weight excluding hydrogens is 432 g/mol. The number of nitrogens with zero attached hydrogens (tertiary/aromatic N) is 3. The summed E-state index contributed by atoms with van der Waals surface area (Å²) in [5, 5.41) is 3.07. The summed E-state index contributed by atoms with van der Waals surface area (Å²) in [6.45, 7) is 12.6. The Hall–Kier alpha value is -1.72. The molecule has 2 aliphatic rings. The van der Waals surface area contributed by atoms with Crippen LogP contribution >= 0.6 is 0 Å². The first-order valence-corrected chi connectivity index (χ1v) is 12.9. The van der Waals surface area contributed by atoms with Crippen molar-refractivity contribution >= 4 is 21.6 Å². The number of morpholine rings is 2. The van der Waals surface area contributed by atoms with E-state index < -0.39 is 10.0 Å². The first kappa shape index (κ1) is 24.9. The van der Waals surface area contributed by atoms with E-state index in [2.05, 4.69) is 15.1 Å². The zero-order chi connectivity index (χ0) is 23.1. The molecule has 32 heavy (non-hydrogen) atoms. The third-order valence-corrected chi connectivity index (χ3v) is 7.97. The lowest BCUT2D eigenvalue weighted by molar-refractivity contribution is 0.0342. The van der Waals surface area contributed by atoms with Crippen molar-refractivity contribution in [3.63, 3.8) is 0 Å². The highest BCUT2D eigenvalue weighted by Crippen LogP contribution is 2.27. The van der Waals surface area contributed by atoms with Crippen molar-refractivity contribution in [1.29, 1.82) is 0 Å². The topological polar surface area (TPSA) is 91.4 Å². The Balaban J connectivity index is 1.86. The van der Waals surface area contributed by atoms with Crippen LogP contribution < -0.4 is 10.2 Å². The predicted molar refractivity (Wildman–Crippen MR) is 124 cm³/mol. The van der Waals surface area contributed by atoms with Gasteiger partial charge in [0.05, 0.1) is 36.9 Å². The van der Waals surface area contributed by atoms with Crippen LogP contribution in [0.5, 0.6) is 0 Å². The fourth-order valence-corrected chi connectivity index (χ4v) is 5.65. The van der Waals surface area contributed by atoms with Gasteiger partial charge in [0.1, 0.15) is 0 Å². The molecule has 1 N–H and O–H groups in total. The van der Waals surface area contributed by atoms with Crippen LogP contribution in [0.3, 0.4) is 0 Å². The summed E-state index contributed by atoms with van der Waals surface area (Å²) < 4.78 is 38.4. The van der Waals surface area contributed by atoms with E-state index in [-0.39, 0.29) is 16.8 Å². The first-order chi connectivity index (χ1) is 15.4. The Morgan fingerprint density at radius 1 is 1.06 bits per heavy atom. The van der Waals surface area contributed by atoms with Gasteiger partial charge >= 0.3 is 0 Å². The number of carbonyl (C=O) groups is 1. The molecule has 0 aliphatic carbocycles. The number of rotatable bonds is 9. The van der Waals surface area contributed by atoms with E-state index in [1.165, 1.54) is 10.4 Å². The number of hydrogen-bond acceptors (Lipinski definition) is 7. The van der Waals surface area contributed by atoms with E-state index in [4.69, 9.17) is 9.47 Å². The third kappa shape index (κ3) is 5.99. The fourth-order valence-electron chi connectivity index (χ4n) is 4.17. The van der Waals surface area contributed by atoms with E-state index in [0.29, 0.717) is 58.2 Å². The average molecular weight is 469 g/mol. The molecule has 0 saturated carbocycles. The maximum absolute atomic E-state index is 13.3. The molecule has 0 aromatic heterocycles. The van der Waals surface area contributed by atoms with Gasteiger partial charge in [-0.25, -0.2) is 8.42 Å². The molecule has 2 heterocycles. The molecule has 9 nitrogen and oxygen atoms in total. The number of benzene rings is 1. The van der Waals surface area contributed by atoms with Gasteiger partial charge in [0.2, 0.25) is 10.0 Å². The Kier molecular flexibility index (Phi) is 8.89. The minimum atomic E-state index is -3.67. The normalized spacial score (nSPS) is 19.2. The summed E-state index contributed by atoms with van der Waals surface area (Å²) in [6, 6.07) is 4.80. The Labute approximate surface area is 191 Å². The molecule has 1 aromatic carbocycles. The Morgan fingerprint density at radius 2 is 1.66 bits per heavy atom. The zero-order valence-corrected chi connectivity index (χ0v) is 20.2. The van der Waals surface area contributed by atoms with Gasteiger partial charge < -0.3 is 19.7 Å². The molecule has 180 valence electrons. The largest absolute Gasteiger partial charge is 0.379 e. The quantitative estimate of drug-likeness (QED) is 0.578. The highest BCUT2D eigenvalue weighted by Gasteiger charge is 2.27. The molecule has 1 atom stereocenters. The van der Waals surface area contributed by atoms with E-state index in [9.17, 15) is 13.2 Å². The van der Waals surface area contributed by atoms with Crippen LogP contribution in [0.4, 0.5) is 5.69 Å². The summed E-state index contributed by atoms with van der Waals surface area (Å²) in [7, 11) is -3.67. The molecule has 2 aliphatic heterocycles. The van der Waals surface area contributed by atoms with Gasteiger partial charge in [-0.1, -0.05) is 13.8 Å². The van der Waals surface area contributed by atoms with Crippen LogP contribution in [0.15, 0.2) is 23.1 Å². The van der Waals surface area contributed by atoms with Gasteiger partial charge in [0.15, 0.2) is 0 Å². The van der Waals surface area contributed by atoms with Gasteiger partial charge in [-0.3, -0.25) is 9.69 Å². The number of hydrogen-bond donors (Lipinski definition) is 1. The molecular formula is C22H36N4O5S. The number of anilines is 1. The van der Waals surface area contributed by atoms with Crippen LogP contribution in [-0.4, -0.2) is 102 Å². The maximum atomic E-state index is 13.3. The number of nitrogens with one attached hydrogen (secondary N) is 1. The number of carbonyl (C=O) groups excluding carboxylic acids is 1. The number of sulfonamides is 1. The van der Waals surface area contributed by atoms with Gasteiger partial charge in [-0.2, -0.15) is 4.31 Å². The molecule has 10 heteroatoms. The van der Waals surface area contributed by atoms with Gasteiger partial charge in [-0.05, 0) is 25.1 Å². The highest BCUT2D eigenvalue weighted by molar-refractivity contribution is 7.89. The minimum absolute atomic E-state index is 0.0822. The lowest BCUT2D eigenvalue weighted by Gasteiger charge is -2.32. The highest BCUT2D eigenvalue weighted by atomic mass is 32.2. The van der Waals surface area contributed by atoms with Crippen LogP contribution in [0, 0.1) is 0 Å². The van der Waals surface area contributed by atoms with Crippen molar-refractivity contribution < 1.29 is 22.7 Å². The molecule has 0 radical (unpaired) electrons.